The van der Waals surface area contributed by atoms with Gasteiger partial charge in [0, 0.05) is 36.3 Å². The number of aromatic nitrogens is 2. The van der Waals surface area contributed by atoms with Crippen molar-refractivity contribution < 1.29 is 9.53 Å². The summed E-state index contributed by atoms with van der Waals surface area (Å²) in [6.07, 6.45) is 5.74. The van der Waals surface area contributed by atoms with Gasteiger partial charge < -0.3 is 20.4 Å². The lowest BCUT2D eigenvalue weighted by Crippen LogP contribution is -2.32. The number of hydrogen-bond acceptors (Lipinski definition) is 4. The second-order valence-electron chi connectivity index (χ2n) is 6.38. The first-order chi connectivity index (χ1) is 10.8. The number of aromatic amines is 1. The molecule has 2 atom stereocenters. The fourth-order valence-electron chi connectivity index (χ4n) is 3.57. The second kappa shape index (κ2) is 5.37. The topological polar surface area (TPSA) is 79.0 Å². The van der Waals surface area contributed by atoms with Crippen LogP contribution in [0.4, 0.5) is 0 Å². The Balaban J connectivity index is 1.39. The molecule has 2 aliphatic rings. The third-order valence-electron chi connectivity index (χ3n) is 4.80. The Bertz CT molecular complexity index is 690. The summed E-state index contributed by atoms with van der Waals surface area (Å²) >= 11 is 0. The first-order valence-electron chi connectivity index (χ1n) is 7.78. The van der Waals surface area contributed by atoms with Gasteiger partial charge in [0.1, 0.15) is 5.65 Å². The highest BCUT2D eigenvalue weighted by Gasteiger charge is 2.42. The minimum atomic E-state index is -0.0756. The van der Waals surface area contributed by atoms with E-state index >= 15 is 0 Å². The molecule has 4 rings (SSSR count). The summed E-state index contributed by atoms with van der Waals surface area (Å²) in [6.45, 7) is 3.47. The molecule has 4 heterocycles. The number of rotatable bonds is 3. The fourth-order valence-corrected chi connectivity index (χ4v) is 3.57. The van der Waals surface area contributed by atoms with Crippen LogP contribution in [-0.4, -0.2) is 48.2 Å². The van der Waals surface area contributed by atoms with E-state index in [2.05, 4.69) is 20.6 Å². The molecule has 2 aromatic rings. The van der Waals surface area contributed by atoms with Gasteiger partial charge in [-0.3, -0.25) is 4.79 Å². The molecule has 1 amide bonds. The number of nitrogens with one attached hydrogen (secondary N) is 3. The van der Waals surface area contributed by atoms with Gasteiger partial charge in [-0.1, -0.05) is 0 Å². The normalized spacial score (nSPS) is 27.7. The number of fused-ring (bicyclic) bond motifs is 1. The van der Waals surface area contributed by atoms with Crippen LogP contribution in [0.1, 0.15) is 23.2 Å². The minimum Gasteiger partial charge on any atom is -0.376 e. The van der Waals surface area contributed by atoms with Crippen molar-refractivity contribution in [2.24, 2.45) is 5.41 Å². The number of H-pyrrole nitrogens is 1. The maximum Gasteiger partial charge on any atom is 0.253 e. The van der Waals surface area contributed by atoms with Gasteiger partial charge in [-0.2, -0.15) is 0 Å². The molecule has 6 heteroatoms. The van der Waals surface area contributed by atoms with Gasteiger partial charge in [0.25, 0.3) is 5.91 Å². The number of carbonyl (C=O) groups is 1. The lowest BCUT2D eigenvalue weighted by atomic mass is 9.85. The molecule has 22 heavy (non-hydrogen) atoms. The molecular formula is C16H20N4O2. The molecule has 6 nitrogen and oxygen atoms in total. The van der Waals surface area contributed by atoms with Gasteiger partial charge in [0.05, 0.1) is 18.3 Å². The van der Waals surface area contributed by atoms with E-state index in [1.165, 1.54) is 6.42 Å². The lowest BCUT2D eigenvalue weighted by molar-refractivity contribution is 0.0825. The summed E-state index contributed by atoms with van der Waals surface area (Å²) in [7, 11) is 0. The molecule has 3 N–H and O–H groups in total. The number of ether oxygens (including phenoxy) is 1. The Hall–Kier alpha value is -1.92. The third-order valence-corrected chi connectivity index (χ3v) is 4.80. The zero-order valence-electron chi connectivity index (χ0n) is 12.4. The third kappa shape index (κ3) is 2.38. The molecule has 2 unspecified atom stereocenters. The summed E-state index contributed by atoms with van der Waals surface area (Å²) in [5.74, 6) is -0.0756. The number of nitrogens with zero attached hydrogens (tertiary/aromatic N) is 1. The van der Waals surface area contributed by atoms with Gasteiger partial charge in [0.2, 0.25) is 0 Å². The zero-order chi connectivity index (χ0) is 15.0. The van der Waals surface area contributed by atoms with Crippen LogP contribution in [0.15, 0.2) is 24.5 Å². The molecule has 0 saturated carbocycles. The van der Waals surface area contributed by atoms with Crippen molar-refractivity contribution in [3.8, 4) is 0 Å². The average molecular weight is 300 g/mol. The van der Waals surface area contributed by atoms with Crippen molar-refractivity contribution in [1.82, 2.24) is 20.6 Å². The van der Waals surface area contributed by atoms with Crippen LogP contribution < -0.4 is 10.6 Å². The summed E-state index contributed by atoms with van der Waals surface area (Å²) in [6, 6.07) is 3.74. The Morgan fingerprint density at radius 3 is 3.36 bits per heavy atom. The van der Waals surface area contributed by atoms with E-state index in [1.54, 1.807) is 12.4 Å². The highest BCUT2D eigenvalue weighted by atomic mass is 16.5. The van der Waals surface area contributed by atoms with Crippen LogP contribution in [0.25, 0.3) is 11.0 Å². The lowest BCUT2D eigenvalue weighted by Gasteiger charge is -2.18. The van der Waals surface area contributed by atoms with E-state index in [0.717, 1.165) is 37.2 Å². The standard InChI is InChI=1S/C16H20N4O2/c21-15(13-8-19-14-12(13)2-1-4-18-14)20-7-11-6-16(10-22-11)3-5-17-9-16/h1-2,4,8,11,17H,3,5-7,9-10H2,(H,18,19)(H,20,21). The van der Waals surface area contributed by atoms with Gasteiger partial charge in [-0.05, 0) is 31.5 Å². The van der Waals surface area contributed by atoms with E-state index in [0.29, 0.717) is 17.5 Å². The quantitative estimate of drug-likeness (QED) is 0.792. The molecule has 1 spiro atoms. The molecule has 2 aliphatic heterocycles. The van der Waals surface area contributed by atoms with Crippen LogP contribution in [0.5, 0.6) is 0 Å². The van der Waals surface area contributed by atoms with Crippen molar-refractivity contribution >= 4 is 16.9 Å². The van der Waals surface area contributed by atoms with E-state index in [4.69, 9.17) is 4.74 Å². The monoisotopic (exact) mass is 300 g/mol. The Kier molecular flexibility index (Phi) is 3.35. The van der Waals surface area contributed by atoms with E-state index < -0.39 is 0 Å². The highest BCUT2D eigenvalue weighted by molar-refractivity contribution is 6.05. The minimum absolute atomic E-state index is 0.0756. The second-order valence-corrected chi connectivity index (χ2v) is 6.38. The molecule has 0 aromatic carbocycles. The molecule has 2 saturated heterocycles. The number of carbonyl (C=O) groups excluding carboxylic acids is 1. The number of pyridine rings is 1. The first kappa shape index (κ1) is 13.7. The summed E-state index contributed by atoms with van der Waals surface area (Å²) in [4.78, 5) is 19.6. The van der Waals surface area contributed by atoms with Crippen LogP contribution in [0.3, 0.4) is 0 Å². The Morgan fingerprint density at radius 2 is 2.50 bits per heavy atom. The molecule has 2 fully saturated rings. The van der Waals surface area contributed by atoms with Crippen molar-refractivity contribution in [3.63, 3.8) is 0 Å². The number of hydrogen-bond donors (Lipinski definition) is 3. The van der Waals surface area contributed by atoms with E-state index in [9.17, 15) is 4.79 Å². The van der Waals surface area contributed by atoms with Crippen LogP contribution in [0, 0.1) is 5.41 Å². The first-order valence-corrected chi connectivity index (χ1v) is 7.78. The van der Waals surface area contributed by atoms with Crippen LogP contribution in [-0.2, 0) is 4.74 Å². The Morgan fingerprint density at radius 1 is 1.55 bits per heavy atom. The maximum absolute atomic E-state index is 12.4. The fraction of sp³-hybridized carbons (Fsp3) is 0.500. The molecular weight excluding hydrogens is 280 g/mol. The van der Waals surface area contributed by atoms with E-state index in [-0.39, 0.29) is 12.0 Å². The van der Waals surface area contributed by atoms with Crippen molar-refractivity contribution in [2.45, 2.75) is 18.9 Å². The largest absolute Gasteiger partial charge is 0.376 e. The van der Waals surface area contributed by atoms with Crippen molar-refractivity contribution in [3.05, 3.63) is 30.1 Å². The summed E-state index contributed by atoms with van der Waals surface area (Å²) in [5.41, 5.74) is 1.67. The smallest absolute Gasteiger partial charge is 0.253 e. The Labute approximate surface area is 128 Å². The van der Waals surface area contributed by atoms with Crippen molar-refractivity contribution in [1.29, 1.82) is 0 Å². The van der Waals surface area contributed by atoms with Gasteiger partial charge in [-0.15, -0.1) is 0 Å². The SMILES string of the molecule is O=C(NCC1CC2(CCNC2)CO1)c1c[nH]c2ncccc12. The molecule has 0 bridgehead atoms. The van der Waals surface area contributed by atoms with Gasteiger partial charge in [0.15, 0.2) is 0 Å². The molecule has 116 valence electrons. The summed E-state index contributed by atoms with van der Waals surface area (Å²) in [5, 5.41) is 7.25. The molecule has 0 radical (unpaired) electrons. The summed E-state index contributed by atoms with van der Waals surface area (Å²) < 4.78 is 5.87. The van der Waals surface area contributed by atoms with Crippen molar-refractivity contribution in [2.75, 3.05) is 26.2 Å². The van der Waals surface area contributed by atoms with E-state index in [1.807, 2.05) is 12.1 Å². The van der Waals surface area contributed by atoms with Gasteiger partial charge >= 0.3 is 0 Å². The zero-order valence-corrected chi connectivity index (χ0v) is 12.4. The molecule has 2 aromatic heterocycles. The van der Waals surface area contributed by atoms with Crippen LogP contribution >= 0.6 is 0 Å². The highest BCUT2D eigenvalue weighted by Crippen LogP contribution is 2.37. The predicted molar refractivity (Wildman–Crippen MR) is 82.7 cm³/mol. The van der Waals surface area contributed by atoms with Gasteiger partial charge in [-0.25, -0.2) is 4.98 Å². The number of amides is 1. The predicted octanol–water partition coefficient (Wildman–Crippen LogP) is 1.06. The molecule has 0 aliphatic carbocycles. The maximum atomic E-state index is 12.4. The average Bonchev–Trinajstić information content (AvgIpc) is 3.26. The van der Waals surface area contributed by atoms with Crippen LogP contribution in [0.2, 0.25) is 0 Å².